The first-order valence-corrected chi connectivity index (χ1v) is 5.51. The van der Waals surface area contributed by atoms with Crippen LogP contribution in [-0.2, 0) is 0 Å². The zero-order valence-electron chi connectivity index (χ0n) is 9.76. The molecule has 1 rings (SSSR count). The number of hydrogen-bond donors (Lipinski definition) is 1. The molecule has 17 heavy (non-hydrogen) atoms. The number of ether oxygens (including phenoxy) is 1. The largest absolute Gasteiger partial charge is 0.486 e. The molecule has 1 heterocycles. The molecule has 94 valence electrons. The van der Waals surface area contributed by atoms with Crippen molar-refractivity contribution in [2.24, 2.45) is 0 Å². The Balaban J connectivity index is 2.55. The van der Waals surface area contributed by atoms with E-state index in [9.17, 15) is 10.1 Å². The van der Waals surface area contributed by atoms with E-state index in [-0.39, 0.29) is 18.2 Å². The highest BCUT2D eigenvalue weighted by Crippen LogP contribution is 2.24. The molecule has 0 fully saturated rings. The first-order valence-electron chi connectivity index (χ1n) is 5.51. The number of nitrogens with zero attached hydrogens (tertiary/aromatic N) is 2. The van der Waals surface area contributed by atoms with Crippen LogP contribution in [0.25, 0.3) is 0 Å². The van der Waals surface area contributed by atoms with Gasteiger partial charge in [0, 0.05) is 13.5 Å². The van der Waals surface area contributed by atoms with Crippen molar-refractivity contribution in [3.63, 3.8) is 0 Å². The second kappa shape index (κ2) is 6.80. The molecule has 6 heteroatoms. The zero-order valence-corrected chi connectivity index (χ0v) is 9.76. The van der Waals surface area contributed by atoms with E-state index in [0.29, 0.717) is 12.3 Å². The summed E-state index contributed by atoms with van der Waals surface area (Å²) in [4.78, 5) is 14.0. The third-order valence-electron chi connectivity index (χ3n) is 2.21. The number of rotatable bonds is 7. The minimum absolute atomic E-state index is 0.159. The van der Waals surface area contributed by atoms with Crippen LogP contribution in [-0.4, -0.2) is 28.2 Å². The molecule has 1 N–H and O–H groups in total. The number of aliphatic hydroxyl groups excluding tert-OH is 1. The lowest BCUT2D eigenvalue weighted by Gasteiger charge is -2.05. The number of hydrogen-bond acceptors (Lipinski definition) is 5. The Kier molecular flexibility index (Phi) is 5.35. The van der Waals surface area contributed by atoms with E-state index >= 15 is 0 Å². The fourth-order valence-corrected chi connectivity index (χ4v) is 1.35. The monoisotopic (exact) mass is 240 g/mol. The fourth-order valence-electron chi connectivity index (χ4n) is 1.35. The molecule has 0 aliphatic heterocycles. The maximum atomic E-state index is 10.7. The molecule has 1 aromatic rings. The molecule has 0 amide bonds. The van der Waals surface area contributed by atoms with Gasteiger partial charge in [-0.05, 0) is 41.3 Å². The maximum absolute atomic E-state index is 10.7. The number of pyridine rings is 1. The van der Waals surface area contributed by atoms with E-state index in [1.54, 1.807) is 19.1 Å². The summed E-state index contributed by atoms with van der Waals surface area (Å²) in [5.74, 6) is -0.0447. The van der Waals surface area contributed by atoms with Crippen LogP contribution in [0.1, 0.15) is 25.0 Å². The first-order chi connectivity index (χ1) is 8.15. The first kappa shape index (κ1) is 13.4. The average molecular weight is 240 g/mol. The summed E-state index contributed by atoms with van der Waals surface area (Å²) >= 11 is 0. The summed E-state index contributed by atoms with van der Waals surface area (Å²) in [7, 11) is 0. The lowest BCUT2D eigenvalue weighted by Crippen LogP contribution is -2.03. The lowest BCUT2D eigenvalue weighted by atomic mass is 10.2. The Morgan fingerprint density at radius 1 is 1.41 bits per heavy atom. The van der Waals surface area contributed by atoms with Gasteiger partial charge >= 0.3 is 5.82 Å². The van der Waals surface area contributed by atoms with Crippen LogP contribution in [0.2, 0.25) is 0 Å². The molecular weight excluding hydrogens is 224 g/mol. The number of nitro groups is 1. The van der Waals surface area contributed by atoms with Gasteiger partial charge in [-0.25, -0.2) is 0 Å². The molecule has 0 radical (unpaired) electrons. The summed E-state index contributed by atoms with van der Waals surface area (Å²) in [5, 5.41) is 19.3. The summed E-state index contributed by atoms with van der Waals surface area (Å²) in [6.07, 6.45) is 2.31. The van der Waals surface area contributed by atoms with Gasteiger partial charge in [-0.3, -0.25) is 0 Å². The molecule has 0 atom stereocenters. The Hall–Kier alpha value is -1.69. The molecule has 6 nitrogen and oxygen atoms in total. The van der Waals surface area contributed by atoms with Crippen LogP contribution >= 0.6 is 0 Å². The molecule has 0 spiro atoms. The average Bonchev–Trinajstić information content (AvgIpc) is 2.30. The van der Waals surface area contributed by atoms with Crippen LogP contribution in [0.4, 0.5) is 5.82 Å². The maximum Gasteiger partial charge on any atom is 0.406 e. The highest BCUT2D eigenvalue weighted by atomic mass is 16.6. The predicted molar refractivity (Wildman–Crippen MR) is 62.1 cm³/mol. The normalized spacial score (nSPS) is 10.2. The van der Waals surface area contributed by atoms with E-state index in [0.717, 1.165) is 19.3 Å². The van der Waals surface area contributed by atoms with E-state index < -0.39 is 4.92 Å². The number of aromatic nitrogens is 1. The van der Waals surface area contributed by atoms with Crippen LogP contribution in [0.15, 0.2) is 12.1 Å². The van der Waals surface area contributed by atoms with Crippen molar-refractivity contribution in [2.45, 2.75) is 26.2 Å². The molecule has 0 bridgehead atoms. The zero-order chi connectivity index (χ0) is 12.7. The molecule has 0 saturated heterocycles. The van der Waals surface area contributed by atoms with Crippen molar-refractivity contribution in [3.05, 3.63) is 27.9 Å². The number of aryl methyl sites for hydroxylation is 1. The van der Waals surface area contributed by atoms with Gasteiger partial charge in [0.05, 0.1) is 6.61 Å². The van der Waals surface area contributed by atoms with Gasteiger partial charge in [0.15, 0.2) is 0 Å². The van der Waals surface area contributed by atoms with Gasteiger partial charge in [-0.2, -0.15) is 0 Å². The quantitative estimate of drug-likeness (QED) is 0.446. The van der Waals surface area contributed by atoms with Gasteiger partial charge in [0.2, 0.25) is 5.75 Å². The van der Waals surface area contributed by atoms with Gasteiger partial charge < -0.3 is 20.0 Å². The lowest BCUT2D eigenvalue weighted by molar-refractivity contribution is -0.390. The summed E-state index contributed by atoms with van der Waals surface area (Å²) in [5.41, 5.74) is 0.587. The van der Waals surface area contributed by atoms with Gasteiger partial charge in [-0.15, -0.1) is 0 Å². The Morgan fingerprint density at radius 2 is 2.18 bits per heavy atom. The highest BCUT2D eigenvalue weighted by molar-refractivity contribution is 5.40. The van der Waals surface area contributed by atoms with Gasteiger partial charge in [0.1, 0.15) is 5.69 Å². The number of unbranched alkanes of at least 4 members (excludes halogenated alkanes) is 2. The summed E-state index contributed by atoms with van der Waals surface area (Å²) < 4.78 is 5.31. The predicted octanol–water partition coefficient (Wildman–Crippen LogP) is 1.84. The van der Waals surface area contributed by atoms with Crippen molar-refractivity contribution in [1.29, 1.82) is 0 Å². The Morgan fingerprint density at radius 3 is 2.82 bits per heavy atom. The van der Waals surface area contributed by atoms with Gasteiger partial charge in [-0.1, -0.05) is 0 Å². The van der Waals surface area contributed by atoms with E-state index in [2.05, 4.69) is 4.98 Å². The third-order valence-corrected chi connectivity index (χ3v) is 2.21. The topological polar surface area (TPSA) is 85.5 Å². The van der Waals surface area contributed by atoms with Gasteiger partial charge in [0.25, 0.3) is 0 Å². The highest BCUT2D eigenvalue weighted by Gasteiger charge is 2.17. The standard InChI is InChI=1S/C11H16N2O4/c1-9-5-6-10(11(12-9)13(15)16)17-8-4-2-3-7-14/h5-6,14H,2-4,7-8H2,1H3. The van der Waals surface area contributed by atoms with Crippen LogP contribution in [0, 0.1) is 17.0 Å². The van der Waals surface area contributed by atoms with Crippen molar-refractivity contribution in [2.75, 3.05) is 13.2 Å². The molecular formula is C11H16N2O4. The second-order valence-electron chi connectivity index (χ2n) is 3.66. The van der Waals surface area contributed by atoms with Crippen molar-refractivity contribution in [1.82, 2.24) is 4.98 Å². The minimum atomic E-state index is -0.546. The molecule has 1 aromatic heterocycles. The number of aliphatic hydroxyl groups is 1. The van der Waals surface area contributed by atoms with Crippen LogP contribution in [0.3, 0.4) is 0 Å². The minimum Gasteiger partial charge on any atom is -0.486 e. The molecule has 0 aromatic carbocycles. The van der Waals surface area contributed by atoms with Crippen LogP contribution in [0.5, 0.6) is 5.75 Å². The smallest absolute Gasteiger partial charge is 0.406 e. The fraction of sp³-hybridized carbons (Fsp3) is 0.545. The SMILES string of the molecule is Cc1ccc(OCCCCCO)c([N+](=O)[O-])n1. The summed E-state index contributed by atoms with van der Waals surface area (Å²) in [6, 6.07) is 3.24. The van der Waals surface area contributed by atoms with E-state index in [4.69, 9.17) is 9.84 Å². The molecule has 0 unspecified atom stereocenters. The Bertz CT molecular complexity index is 382. The van der Waals surface area contributed by atoms with Crippen molar-refractivity contribution < 1.29 is 14.8 Å². The third kappa shape index (κ3) is 4.36. The van der Waals surface area contributed by atoms with E-state index in [1.165, 1.54) is 0 Å². The molecule has 0 aliphatic rings. The van der Waals surface area contributed by atoms with E-state index in [1.807, 2.05) is 0 Å². The summed E-state index contributed by atoms with van der Waals surface area (Å²) in [6.45, 7) is 2.25. The molecule has 0 aliphatic carbocycles. The van der Waals surface area contributed by atoms with Crippen molar-refractivity contribution >= 4 is 5.82 Å². The van der Waals surface area contributed by atoms with Crippen LogP contribution < -0.4 is 4.74 Å². The Labute approximate surface area is 99.4 Å². The molecule has 0 saturated carbocycles. The second-order valence-corrected chi connectivity index (χ2v) is 3.66. The van der Waals surface area contributed by atoms with Crippen molar-refractivity contribution in [3.8, 4) is 5.75 Å².